The average Bonchev–Trinajstić information content (AvgIpc) is 2.95. The van der Waals surface area contributed by atoms with Gasteiger partial charge in [-0.05, 0) is 38.8 Å². The monoisotopic (exact) mass is 315 g/mol. The molecule has 1 unspecified atom stereocenters. The summed E-state index contributed by atoms with van der Waals surface area (Å²) in [4.78, 5) is 23.5. The Labute approximate surface area is 137 Å². The Bertz CT molecular complexity index is 280. The number of hydrogen-bond acceptors (Lipinski definition) is 4. The predicted molar refractivity (Wildman–Crippen MR) is 92.9 cm³/mol. The van der Waals surface area contributed by atoms with E-state index >= 15 is 0 Å². The fourth-order valence-corrected chi connectivity index (χ4v) is 1.78. The van der Waals surface area contributed by atoms with Crippen molar-refractivity contribution in [2.24, 2.45) is 11.8 Å². The average molecular weight is 315 g/mol. The van der Waals surface area contributed by atoms with Crippen LogP contribution in [0.5, 0.6) is 0 Å². The Morgan fingerprint density at radius 2 is 1.91 bits per heavy atom. The Morgan fingerprint density at radius 1 is 1.32 bits per heavy atom. The molecule has 0 aromatic carbocycles. The number of likely N-dealkylation sites (N-methyl/N-ethyl adjacent to an activating group) is 1. The van der Waals surface area contributed by atoms with Crippen molar-refractivity contribution >= 4 is 12.3 Å². The van der Waals surface area contributed by atoms with Crippen LogP contribution in [0.2, 0.25) is 0 Å². The van der Waals surface area contributed by atoms with Crippen LogP contribution >= 0.6 is 0 Å². The number of nitrogens with zero attached hydrogens (tertiary/aromatic N) is 1. The van der Waals surface area contributed by atoms with E-state index in [9.17, 15) is 9.59 Å². The van der Waals surface area contributed by atoms with Crippen LogP contribution in [0.25, 0.3) is 0 Å². The van der Waals surface area contributed by atoms with Crippen LogP contribution < -0.4 is 0 Å². The van der Waals surface area contributed by atoms with Crippen LogP contribution in [-0.4, -0.2) is 43.4 Å². The van der Waals surface area contributed by atoms with Gasteiger partial charge in [-0.3, -0.25) is 9.69 Å². The lowest BCUT2D eigenvalue weighted by Crippen LogP contribution is -2.34. The Balaban J connectivity index is 0. The second-order valence-electron chi connectivity index (χ2n) is 5.90. The molecule has 0 saturated carbocycles. The number of aldehydes is 1. The van der Waals surface area contributed by atoms with E-state index in [1.54, 1.807) is 0 Å². The zero-order valence-corrected chi connectivity index (χ0v) is 15.7. The molecule has 1 heterocycles. The van der Waals surface area contributed by atoms with Gasteiger partial charge in [0.05, 0.1) is 6.61 Å². The van der Waals surface area contributed by atoms with E-state index in [2.05, 4.69) is 11.8 Å². The van der Waals surface area contributed by atoms with Crippen molar-refractivity contribution in [3.63, 3.8) is 0 Å². The molecule has 22 heavy (non-hydrogen) atoms. The van der Waals surface area contributed by atoms with Crippen molar-refractivity contribution in [1.82, 2.24) is 4.90 Å². The number of hydrogen-bond donors (Lipinski definition) is 0. The lowest BCUT2D eigenvalue weighted by molar-refractivity contribution is -0.148. The Kier molecular flexibility index (Phi) is 15.9. The Hall–Kier alpha value is -0.900. The number of carbonyl (C=O) groups is 2. The molecule has 1 saturated heterocycles. The molecule has 1 rings (SSSR count). The quantitative estimate of drug-likeness (QED) is 0.423. The molecule has 1 aliphatic rings. The van der Waals surface area contributed by atoms with E-state index in [0.717, 1.165) is 38.5 Å². The highest BCUT2D eigenvalue weighted by molar-refractivity contribution is 5.76. The number of unbranched alkanes of at least 4 members (excludes halogenated alkanes) is 1. The first kappa shape index (κ1) is 23.4. The maximum atomic E-state index is 11.5. The largest absolute Gasteiger partial charge is 0.465 e. The molecule has 0 N–H and O–H groups in total. The van der Waals surface area contributed by atoms with Crippen molar-refractivity contribution in [1.29, 1.82) is 0 Å². The van der Waals surface area contributed by atoms with Gasteiger partial charge in [0, 0.05) is 5.92 Å². The summed E-state index contributed by atoms with van der Waals surface area (Å²) >= 11 is 0. The van der Waals surface area contributed by atoms with Gasteiger partial charge >= 0.3 is 5.97 Å². The maximum Gasteiger partial charge on any atom is 0.323 e. The second kappa shape index (κ2) is 15.0. The molecule has 0 amide bonds. The molecule has 132 valence electrons. The number of esters is 1. The third-order valence-corrected chi connectivity index (χ3v) is 3.80. The van der Waals surface area contributed by atoms with Crippen molar-refractivity contribution < 1.29 is 14.3 Å². The van der Waals surface area contributed by atoms with Crippen LogP contribution in [-0.2, 0) is 14.3 Å². The first-order valence-corrected chi connectivity index (χ1v) is 8.76. The predicted octanol–water partition coefficient (Wildman–Crippen LogP) is 3.93. The summed E-state index contributed by atoms with van der Waals surface area (Å²) in [5.41, 5.74) is 0. The molecule has 0 bridgehead atoms. The van der Waals surface area contributed by atoms with E-state index < -0.39 is 0 Å². The van der Waals surface area contributed by atoms with E-state index in [1.165, 1.54) is 0 Å². The van der Waals surface area contributed by atoms with Gasteiger partial charge in [0.15, 0.2) is 0 Å². The van der Waals surface area contributed by atoms with Crippen LogP contribution in [0.3, 0.4) is 0 Å². The maximum absolute atomic E-state index is 11.5. The third-order valence-electron chi connectivity index (χ3n) is 3.80. The molecule has 0 aliphatic carbocycles. The lowest BCUT2D eigenvalue weighted by Gasteiger charge is -2.17. The van der Waals surface area contributed by atoms with Crippen LogP contribution in [0.1, 0.15) is 67.2 Å². The summed E-state index contributed by atoms with van der Waals surface area (Å²) in [6.07, 6.45) is 5.12. The van der Waals surface area contributed by atoms with Gasteiger partial charge in [-0.2, -0.15) is 0 Å². The van der Waals surface area contributed by atoms with Crippen molar-refractivity contribution in [3.8, 4) is 0 Å². The molecule has 0 aromatic heterocycles. The molecular weight excluding hydrogens is 278 g/mol. The van der Waals surface area contributed by atoms with Crippen molar-refractivity contribution in [2.75, 3.05) is 20.2 Å². The molecule has 1 aliphatic heterocycles. The van der Waals surface area contributed by atoms with E-state index in [0.29, 0.717) is 12.5 Å². The Morgan fingerprint density at radius 3 is 2.23 bits per heavy atom. The fraction of sp³-hybridized carbons (Fsp3) is 0.889. The first-order valence-electron chi connectivity index (χ1n) is 8.76. The normalized spacial score (nSPS) is 18.6. The minimum absolute atomic E-state index is 0.0249. The van der Waals surface area contributed by atoms with E-state index in [4.69, 9.17) is 4.74 Å². The topological polar surface area (TPSA) is 46.6 Å². The van der Waals surface area contributed by atoms with Crippen LogP contribution in [0, 0.1) is 11.8 Å². The van der Waals surface area contributed by atoms with Gasteiger partial charge in [0.25, 0.3) is 0 Å². The van der Waals surface area contributed by atoms with Gasteiger partial charge in [0.2, 0.25) is 0 Å². The van der Waals surface area contributed by atoms with Gasteiger partial charge in [-0.15, -0.1) is 0 Å². The summed E-state index contributed by atoms with van der Waals surface area (Å²) in [5, 5.41) is 0. The highest BCUT2D eigenvalue weighted by Gasteiger charge is 2.28. The summed E-state index contributed by atoms with van der Waals surface area (Å²) < 4.78 is 5.16. The molecule has 0 aromatic rings. The van der Waals surface area contributed by atoms with E-state index in [-0.39, 0.29) is 17.9 Å². The third kappa shape index (κ3) is 10.8. The van der Waals surface area contributed by atoms with Gasteiger partial charge in [-0.1, -0.05) is 48.0 Å². The second-order valence-corrected chi connectivity index (χ2v) is 5.90. The highest BCUT2D eigenvalue weighted by atomic mass is 16.5. The zero-order valence-electron chi connectivity index (χ0n) is 15.7. The number of ether oxygens (including phenoxy) is 1. The van der Waals surface area contributed by atoms with E-state index in [1.807, 2.05) is 41.7 Å². The number of rotatable bonds is 6. The molecule has 4 nitrogen and oxygen atoms in total. The smallest absolute Gasteiger partial charge is 0.323 e. The van der Waals surface area contributed by atoms with Crippen molar-refractivity contribution in [2.45, 2.75) is 73.3 Å². The van der Waals surface area contributed by atoms with Crippen molar-refractivity contribution in [3.05, 3.63) is 0 Å². The molecule has 0 spiro atoms. The van der Waals surface area contributed by atoms with Gasteiger partial charge in [-0.25, -0.2) is 0 Å². The molecule has 1 fully saturated rings. The van der Waals surface area contributed by atoms with Gasteiger partial charge in [0.1, 0.15) is 12.3 Å². The number of carbonyl (C=O) groups excluding carboxylic acids is 2. The minimum Gasteiger partial charge on any atom is -0.465 e. The molecule has 0 radical (unpaired) electrons. The highest BCUT2D eigenvalue weighted by Crippen LogP contribution is 2.15. The lowest BCUT2D eigenvalue weighted by atomic mass is 10.0. The first-order chi connectivity index (χ1) is 10.4. The summed E-state index contributed by atoms with van der Waals surface area (Å²) in [6, 6.07) is 0.0249. The summed E-state index contributed by atoms with van der Waals surface area (Å²) in [6.45, 7) is 13.7. The summed E-state index contributed by atoms with van der Waals surface area (Å²) in [5.74, 6) is 0.686. The minimum atomic E-state index is -0.0338. The summed E-state index contributed by atoms with van der Waals surface area (Å²) in [7, 11) is 1.98. The molecule has 2 atom stereocenters. The SMILES string of the molecule is CC.CC(C)C(C)C=O.CCCCOC(=O)[C@@H]1CCCN1C. The zero-order chi connectivity index (χ0) is 17.5. The van der Waals surface area contributed by atoms with Gasteiger partial charge < -0.3 is 9.53 Å². The molecule has 4 heteroatoms. The standard InChI is InChI=1S/C10H19NO2.C6H12O.C2H6/c1-3-4-8-13-10(12)9-6-5-7-11(9)2;1-5(2)6(3)4-7;1-2/h9H,3-8H2,1-2H3;4-6H,1-3H3;1-2H3/t9-;;/m0../s1. The van der Waals surface area contributed by atoms with Crippen LogP contribution in [0.4, 0.5) is 0 Å². The molecular formula is C18H37NO3. The number of likely N-dealkylation sites (tertiary alicyclic amines) is 1. The van der Waals surface area contributed by atoms with Crippen LogP contribution in [0.15, 0.2) is 0 Å². The fourth-order valence-electron chi connectivity index (χ4n) is 1.78.